The summed E-state index contributed by atoms with van der Waals surface area (Å²) < 4.78 is 16.6. The summed E-state index contributed by atoms with van der Waals surface area (Å²) in [5.41, 5.74) is 7.01. The van der Waals surface area contributed by atoms with Crippen molar-refractivity contribution in [2.75, 3.05) is 26.2 Å². The van der Waals surface area contributed by atoms with Gasteiger partial charge in [-0.1, -0.05) is 6.07 Å². The number of methoxy groups -OCH3 is 2. The van der Waals surface area contributed by atoms with E-state index in [0.717, 1.165) is 47.4 Å². The number of non-ortho nitro benzene ring substituents is 1. The summed E-state index contributed by atoms with van der Waals surface area (Å²) in [4.78, 5) is 23.3. The number of hydrogen-bond donors (Lipinski definition) is 2. The number of anilines is 1. The summed E-state index contributed by atoms with van der Waals surface area (Å²) in [7, 11) is 3.18. The molecule has 0 saturated carbocycles. The van der Waals surface area contributed by atoms with Gasteiger partial charge in [-0.15, -0.1) is 0 Å². The van der Waals surface area contributed by atoms with E-state index >= 15 is 0 Å². The molecule has 0 atom stereocenters. The number of aryl methyl sites for hydroxylation is 1. The molecule has 0 unspecified atom stereocenters. The number of nitro benzene ring substituents is 1. The third-order valence-corrected chi connectivity index (χ3v) is 6.08. The Balaban J connectivity index is 1.43. The Kier molecular flexibility index (Phi) is 7.53. The highest BCUT2D eigenvalue weighted by atomic mass is 16.6. The fourth-order valence-corrected chi connectivity index (χ4v) is 4.22. The van der Waals surface area contributed by atoms with E-state index in [1.807, 2.05) is 25.1 Å². The van der Waals surface area contributed by atoms with E-state index < -0.39 is 4.92 Å². The Morgan fingerprint density at radius 2 is 1.86 bits per heavy atom. The molecule has 1 amide bonds. The number of fused-ring (bicyclic) bond motifs is 1. The maximum absolute atomic E-state index is 12.9. The number of benzene rings is 2. The molecule has 10 heteroatoms. The van der Waals surface area contributed by atoms with Crippen molar-refractivity contribution in [1.29, 1.82) is 0 Å². The van der Waals surface area contributed by atoms with E-state index in [1.54, 1.807) is 26.4 Å². The smallest absolute Gasteiger partial charge is 0.287 e. The third-order valence-electron chi connectivity index (χ3n) is 6.08. The highest BCUT2D eigenvalue weighted by Crippen LogP contribution is 2.30. The molecule has 0 spiro atoms. The second-order valence-electron chi connectivity index (χ2n) is 8.38. The van der Waals surface area contributed by atoms with E-state index in [2.05, 4.69) is 15.8 Å². The summed E-state index contributed by atoms with van der Waals surface area (Å²) in [5.74, 6) is 2.06. The number of carbonyl (C=O) groups is 1. The van der Waals surface area contributed by atoms with Gasteiger partial charge in [0.1, 0.15) is 5.76 Å². The molecule has 1 aliphatic rings. The largest absolute Gasteiger partial charge is 0.493 e. The first kappa shape index (κ1) is 24.8. The molecule has 4 rings (SSSR count). The Labute approximate surface area is 208 Å². The first-order chi connectivity index (χ1) is 17.4. The lowest BCUT2D eigenvalue weighted by molar-refractivity contribution is -0.384. The topological polar surface area (TPSA) is 128 Å². The van der Waals surface area contributed by atoms with Gasteiger partial charge >= 0.3 is 0 Å². The van der Waals surface area contributed by atoms with Crippen LogP contribution in [0.15, 0.2) is 52.0 Å². The lowest BCUT2D eigenvalue weighted by atomic mass is 9.93. The summed E-state index contributed by atoms with van der Waals surface area (Å²) in [6.07, 6.45) is 2.93. The third kappa shape index (κ3) is 5.32. The highest BCUT2D eigenvalue weighted by Gasteiger charge is 2.28. The van der Waals surface area contributed by atoms with Crippen LogP contribution in [0.4, 0.5) is 11.4 Å². The lowest BCUT2D eigenvalue weighted by Crippen LogP contribution is -2.26. The number of amides is 1. The van der Waals surface area contributed by atoms with Crippen molar-refractivity contribution in [1.82, 2.24) is 5.32 Å². The van der Waals surface area contributed by atoms with Gasteiger partial charge in [-0.2, -0.15) is 5.10 Å². The van der Waals surface area contributed by atoms with Crippen LogP contribution in [0.3, 0.4) is 0 Å². The van der Waals surface area contributed by atoms with Gasteiger partial charge in [-0.3, -0.25) is 20.3 Å². The Morgan fingerprint density at radius 3 is 2.56 bits per heavy atom. The zero-order valence-electron chi connectivity index (χ0n) is 20.4. The van der Waals surface area contributed by atoms with Gasteiger partial charge in [0, 0.05) is 36.2 Å². The fourth-order valence-electron chi connectivity index (χ4n) is 4.22. The minimum Gasteiger partial charge on any atom is -0.493 e. The predicted octanol–water partition coefficient (Wildman–Crippen LogP) is 4.64. The molecule has 36 heavy (non-hydrogen) atoms. The van der Waals surface area contributed by atoms with Gasteiger partial charge < -0.3 is 19.2 Å². The molecule has 1 heterocycles. The zero-order valence-corrected chi connectivity index (χ0v) is 20.4. The minimum absolute atomic E-state index is 0.0145. The molecular weight excluding hydrogens is 464 g/mol. The number of nitrogens with zero attached hydrogens (tertiary/aromatic N) is 2. The van der Waals surface area contributed by atoms with Gasteiger partial charge in [0.2, 0.25) is 0 Å². The summed E-state index contributed by atoms with van der Waals surface area (Å²) in [6, 6.07) is 11.7. The summed E-state index contributed by atoms with van der Waals surface area (Å²) >= 11 is 0. The molecule has 1 aromatic heterocycles. The molecule has 188 valence electrons. The fraction of sp³-hybridized carbons (Fsp3) is 0.308. The number of nitro groups is 1. The first-order valence-electron chi connectivity index (χ1n) is 11.6. The average Bonchev–Trinajstić information content (AvgIpc) is 3.24. The molecule has 2 aromatic carbocycles. The Morgan fingerprint density at radius 1 is 1.11 bits per heavy atom. The number of rotatable bonds is 9. The lowest BCUT2D eigenvalue weighted by Gasteiger charge is -2.13. The van der Waals surface area contributed by atoms with Crippen molar-refractivity contribution >= 4 is 23.0 Å². The van der Waals surface area contributed by atoms with E-state index in [1.165, 1.54) is 12.1 Å². The van der Waals surface area contributed by atoms with Crippen LogP contribution < -0.4 is 20.2 Å². The standard InChI is InChI=1S/C26H28N4O6/c1-16-24-20(29-28-18-8-10-19(11-9-18)30(32)33)5-4-6-22(24)36-25(16)26(31)27-14-13-17-7-12-21(34-2)23(15-17)35-3/h7-12,15,28H,4-6,13-14H2,1-3H3,(H,27,31)/b29-20+. The van der Waals surface area contributed by atoms with Crippen LogP contribution in [0.2, 0.25) is 0 Å². The normalized spacial score (nSPS) is 13.7. The molecule has 0 saturated heterocycles. The molecule has 0 aliphatic heterocycles. The molecule has 0 fully saturated rings. The van der Waals surface area contributed by atoms with Crippen LogP contribution in [-0.2, 0) is 12.8 Å². The molecule has 1 aliphatic carbocycles. The van der Waals surface area contributed by atoms with Gasteiger partial charge in [0.25, 0.3) is 11.6 Å². The van der Waals surface area contributed by atoms with Crippen molar-refractivity contribution < 1.29 is 23.6 Å². The van der Waals surface area contributed by atoms with Crippen LogP contribution in [0, 0.1) is 17.0 Å². The van der Waals surface area contributed by atoms with Crippen LogP contribution in [-0.4, -0.2) is 37.3 Å². The molecule has 0 bridgehead atoms. The minimum atomic E-state index is -0.446. The molecule has 0 radical (unpaired) electrons. The number of furan rings is 1. The highest BCUT2D eigenvalue weighted by molar-refractivity contribution is 6.06. The maximum atomic E-state index is 12.9. The summed E-state index contributed by atoms with van der Waals surface area (Å²) in [6.45, 7) is 2.29. The maximum Gasteiger partial charge on any atom is 0.287 e. The van der Waals surface area contributed by atoms with Crippen LogP contribution in [0.1, 0.15) is 45.8 Å². The second kappa shape index (κ2) is 10.9. The quantitative estimate of drug-likeness (QED) is 0.329. The summed E-state index contributed by atoms with van der Waals surface area (Å²) in [5, 5.41) is 18.3. The predicted molar refractivity (Wildman–Crippen MR) is 135 cm³/mol. The van der Waals surface area contributed by atoms with Crippen LogP contribution in [0.5, 0.6) is 11.5 Å². The number of nitrogens with one attached hydrogen (secondary N) is 2. The van der Waals surface area contributed by atoms with Crippen molar-refractivity contribution in [3.8, 4) is 11.5 Å². The van der Waals surface area contributed by atoms with E-state index in [4.69, 9.17) is 13.9 Å². The second-order valence-corrected chi connectivity index (χ2v) is 8.38. The van der Waals surface area contributed by atoms with E-state index in [0.29, 0.717) is 30.2 Å². The van der Waals surface area contributed by atoms with E-state index in [-0.39, 0.29) is 17.4 Å². The van der Waals surface area contributed by atoms with Gasteiger partial charge in [-0.05, 0) is 56.0 Å². The van der Waals surface area contributed by atoms with Gasteiger partial charge in [0.05, 0.1) is 30.5 Å². The molecular formula is C26H28N4O6. The van der Waals surface area contributed by atoms with Crippen LogP contribution >= 0.6 is 0 Å². The first-order valence-corrected chi connectivity index (χ1v) is 11.6. The van der Waals surface area contributed by atoms with Crippen molar-refractivity contribution in [2.45, 2.75) is 32.6 Å². The molecule has 3 aromatic rings. The zero-order chi connectivity index (χ0) is 25.7. The molecule has 2 N–H and O–H groups in total. The number of carbonyl (C=O) groups excluding carboxylic acids is 1. The van der Waals surface area contributed by atoms with Crippen LogP contribution in [0.25, 0.3) is 0 Å². The van der Waals surface area contributed by atoms with Crippen molar-refractivity contribution in [3.05, 3.63) is 80.8 Å². The average molecular weight is 493 g/mol. The monoisotopic (exact) mass is 492 g/mol. The Hall–Kier alpha value is -4.34. The van der Waals surface area contributed by atoms with E-state index in [9.17, 15) is 14.9 Å². The SMILES string of the molecule is COc1ccc(CCNC(=O)c2oc3c(c2C)/C(=N/Nc2ccc([N+](=O)[O-])cc2)CCC3)cc1OC. The Bertz CT molecular complexity index is 1300. The van der Waals surface area contributed by atoms with Crippen molar-refractivity contribution in [3.63, 3.8) is 0 Å². The van der Waals surface area contributed by atoms with Gasteiger partial charge in [0.15, 0.2) is 17.3 Å². The molecule has 10 nitrogen and oxygen atoms in total. The number of hydrogen-bond acceptors (Lipinski definition) is 8. The number of hydrazone groups is 1. The number of ether oxygens (including phenoxy) is 2. The van der Waals surface area contributed by atoms with Gasteiger partial charge in [-0.25, -0.2) is 0 Å². The van der Waals surface area contributed by atoms with Crippen molar-refractivity contribution in [2.24, 2.45) is 5.10 Å².